The Balaban J connectivity index is 1.60. The lowest BCUT2D eigenvalue weighted by atomic mass is 9.92. The van der Waals surface area contributed by atoms with Crippen LogP contribution < -0.4 is 16.4 Å². The number of rotatable bonds is 3. The van der Waals surface area contributed by atoms with Crippen LogP contribution in [0, 0.1) is 0 Å². The van der Waals surface area contributed by atoms with Crippen molar-refractivity contribution in [1.29, 1.82) is 0 Å². The molecule has 0 amide bonds. The molecule has 0 aromatic heterocycles. The van der Waals surface area contributed by atoms with Gasteiger partial charge in [-0.15, -0.1) is 0 Å². The zero-order valence-corrected chi connectivity index (χ0v) is 12.9. The van der Waals surface area contributed by atoms with E-state index in [-0.39, 0.29) is 11.1 Å². The third-order valence-corrected chi connectivity index (χ3v) is 5.10. The van der Waals surface area contributed by atoms with Crippen molar-refractivity contribution in [2.45, 2.75) is 56.5 Å². The minimum atomic E-state index is 0.0609. The van der Waals surface area contributed by atoms with Crippen molar-refractivity contribution in [3.05, 3.63) is 29.8 Å². The van der Waals surface area contributed by atoms with E-state index in [0.717, 1.165) is 49.3 Å². The standard InChI is InChI=1S/C16H23N3S/c1-2-12-3-5-13(6-4-12)18-14(20)19-16-9-7-15(17,11-16)8-10-16/h3-6H,2,7-11,17H2,1H3,(H2,18,19,20). The smallest absolute Gasteiger partial charge is 0.171 e. The van der Waals surface area contributed by atoms with Gasteiger partial charge in [-0.3, -0.25) is 0 Å². The van der Waals surface area contributed by atoms with Gasteiger partial charge in [0.1, 0.15) is 0 Å². The maximum Gasteiger partial charge on any atom is 0.171 e. The van der Waals surface area contributed by atoms with Crippen LogP contribution in [0.25, 0.3) is 0 Å². The quantitative estimate of drug-likeness (QED) is 0.749. The van der Waals surface area contributed by atoms with E-state index in [0.29, 0.717) is 0 Å². The maximum atomic E-state index is 6.34. The Morgan fingerprint density at radius 1 is 1.20 bits per heavy atom. The molecule has 108 valence electrons. The molecule has 1 aromatic carbocycles. The number of hydrogen-bond acceptors (Lipinski definition) is 2. The van der Waals surface area contributed by atoms with Crippen LogP contribution in [0.1, 0.15) is 44.6 Å². The molecule has 3 rings (SSSR count). The molecular weight excluding hydrogens is 266 g/mol. The first-order chi connectivity index (χ1) is 9.53. The number of thiocarbonyl (C=S) groups is 1. The summed E-state index contributed by atoms with van der Waals surface area (Å²) in [6, 6.07) is 8.45. The van der Waals surface area contributed by atoms with Gasteiger partial charge < -0.3 is 16.4 Å². The molecule has 2 bridgehead atoms. The second-order valence-corrected chi connectivity index (χ2v) is 6.86. The van der Waals surface area contributed by atoms with E-state index in [1.54, 1.807) is 0 Å². The summed E-state index contributed by atoms with van der Waals surface area (Å²) in [7, 11) is 0. The first-order valence-electron chi connectivity index (χ1n) is 7.50. The second kappa shape index (κ2) is 5.01. The lowest BCUT2D eigenvalue weighted by Gasteiger charge is -2.29. The zero-order chi connectivity index (χ0) is 14.2. The Hall–Kier alpha value is -1.13. The van der Waals surface area contributed by atoms with E-state index in [1.165, 1.54) is 5.56 Å². The van der Waals surface area contributed by atoms with Gasteiger partial charge in [0, 0.05) is 16.8 Å². The van der Waals surface area contributed by atoms with Gasteiger partial charge in [0.05, 0.1) is 0 Å². The van der Waals surface area contributed by atoms with Crippen LogP contribution in [0.15, 0.2) is 24.3 Å². The van der Waals surface area contributed by atoms with Crippen molar-refractivity contribution in [3.8, 4) is 0 Å². The van der Waals surface area contributed by atoms with Gasteiger partial charge in [0.25, 0.3) is 0 Å². The van der Waals surface area contributed by atoms with Crippen molar-refractivity contribution < 1.29 is 0 Å². The summed E-state index contributed by atoms with van der Waals surface area (Å²) in [5.74, 6) is 0. The van der Waals surface area contributed by atoms with Gasteiger partial charge >= 0.3 is 0 Å². The highest BCUT2D eigenvalue weighted by Gasteiger charge is 2.52. The highest BCUT2D eigenvalue weighted by atomic mass is 32.1. The zero-order valence-electron chi connectivity index (χ0n) is 12.0. The Bertz CT molecular complexity index is 501. The molecule has 2 aliphatic rings. The normalized spacial score (nSPS) is 31.3. The molecule has 1 aromatic rings. The fourth-order valence-electron chi connectivity index (χ4n) is 3.65. The molecular formula is C16H23N3S. The first kappa shape index (κ1) is 13.8. The minimum Gasteiger partial charge on any atom is -0.357 e. The molecule has 3 nitrogen and oxygen atoms in total. The van der Waals surface area contributed by atoms with Gasteiger partial charge in [-0.1, -0.05) is 19.1 Å². The molecule has 0 unspecified atom stereocenters. The number of nitrogens with one attached hydrogen (secondary N) is 2. The number of nitrogens with two attached hydrogens (primary N) is 1. The fourth-order valence-corrected chi connectivity index (χ4v) is 3.98. The number of hydrogen-bond donors (Lipinski definition) is 3. The Morgan fingerprint density at radius 2 is 1.85 bits per heavy atom. The Kier molecular flexibility index (Phi) is 3.46. The number of benzene rings is 1. The maximum absolute atomic E-state index is 6.34. The average molecular weight is 289 g/mol. The third-order valence-electron chi connectivity index (χ3n) is 4.89. The van der Waals surface area contributed by atoms with Gasteiger partial charge in [-0.25, -0.2) is 0 Å². The van der Waals surface area contributed by atoms with Gasteiger partial charge in [0.15, 0.2) is 5.11 Å². The topological polar surface area (TPSA) is 50.1 Å². The summed E-state index contributed by atoms with van der Waals surface area (Å²) >= 11 is 5.46. The van der Waals surface area contributed by atoms with Gasteiger partial charge in [-0.05, 0) is 68.4 Å². The molecule has 0 heterocycles. The average Bonchev–Trinajstić information content (AvgIpc) is 2.92. The summed E-state index contributed by atoms with van der Waals surface area (Å²) in [6.07, 6.45) is 6.63. The number of anilines is 1. The van der Waals surface area contributed by atoms with Crippen LogP contribution in [-0.4, -0.2) is 16.2 Å². The summed E-state index contributed by atoms with van der Waals surface area (Å²) < 4.78 is 0. The SMILES string of the molecule is CCc1ccc(NC(=S)NC23CCC(N)(CC2)C3)cc1. The van der Waals surface area contributed by atoms with Gasteiger partial charge in [0.2, 0.25) is 0 Å². The van der Waals surface area contributed by atoms with Crippen molar-refractivity contribution in [2.24, 2.45) is 5.73 Å². The predicted molar refractivity (Wildman–Crippen MR) is 87.9 cm³/mol. The molecule has 4 heteroatoms. The van der Waals surface area contributed by atoms with Crippen molar-refractivity contribution >= 4 is 23.0 Å². The molecule has 0 aliphatic heterocycles. The molecule has 2 fully saturated rings. The monoisotopic (exact) mass is 289 g/mol. The summed E-state index contributed by atoms with van der Waals surface area (Å²) in [5, 5.41) is 7.54. The van der Waals surface area contributed by atoms with Gasteiger partial charge in [-0.2, -0.15) is 0 Å². The van der Waals surface area contributed by atoms with Crippen LogP contribution in [-0.2, 0) is 6.42 Å². The molecule has 0 saturated heterocycles. The van der Waals surface area contributed by atoms with Crippen molar-refractivity contribution in [3.63, 3.8) is 0 Å². The summed E-state index contributed by atoms with van der Waals surface area (Å²) in [4.78, 5) is 0. The molecule has 0 radical (unpaired) electrons. The molecule has 0 spiro atoms. The van der Waals surface area contributed by atoms with Crippen LogP contribution in [0.3, 0.4) is 0 Å². The van der Waals surface area contributed by atoms with E-state index in [1.807, 2.05) is 0 Å². The van der Waals surface area contributed by atoms with Crippen LogP contribution >= 0.6 is 12.2 Å². The Labute approximate surface area is 126 Å². The minimum absolute atomic E-state index is 0.0609. The summed E-state index contributed by atoms with van der Waals surface area (Å²) in [6.45, 7) is 2.16. The van der Waals surface area contributed by atoms with E-state index in [2.05, 4.69) is 41.8 Å². The molecule has 2 aliphatic carbocycles. The van der Waals surface area contributed by atoms with Crippen molar-refractivity contribution in [1.82, 2.24) is 5.32 Å². The van der Waals surface area contributed by atoms with E-state index < -0.39 is 0 Å². The third kappa shape index (κ3) is 2.67. The summed E-state index contributed by atoms with van der Waals surface area (Å²) in [5.41, 5.74) is 8.93. The molecule has 2 saturated carbocycles. The lowest BCUT2D eigenvalue weighted by molar-refractivity contribution is 0.370. The fraction of sp³-hybridized carbons (Fsp3) is 0.562. The first-order valence-corrected chi connectivity index (χ1v) is 7.90. The molecule has 4 N–H and O–H groups in total. The van der Waals surface area contributed by atoms with E-state index in [9.17, 15) is 0 Å². The molecule has 20 heavy (non-hydrogen) atoms. The van der Waals surface area contributed by atoms with Crippen molar-refractivity contribution in [2.75, 3.05) is 5.32 Å². The van der Waals surface area contributed by atoms with Crippen LogP contribution in [0.2, 0.25) is 0 Å². The van der Waals surface area contributed by atoms with Crippen LogP contribution in [0.4, 0.5) is 5.69 Å². The second-order valence-electron chi connectivity index (χ2n) is 6.45. The van der Waals surface area contributed by atoms with E-state index in [4.69, 9.17) is 18.0 Å². The highest BCUT2D eigenvalue weighted by Crippen LogP contribution is 2.49. The highest BCUT2D eigenvalue weighted by molar-refractivity contribution is 7.80. The predicted octanol–water partition coefficient (Wildman–Crippen LogP) is 2.95. The van der Waals surface area contributed by atoms with Crippen LogP contribution in [0.5, 0.6) is 0 Å². The Morgan fingerprint density at radius 3 is 2.35 bits per heavy atom. The molecule has 0 atom stereocenters. The number of fused-ring (bicyclic) bond motifs is 2. The largest absolute Gasteiger partial charge is 0.357 e. The number of aryl methyl sites for hydroxylation is 1. The van der Waals surface area contributed by atoms with E-state index >= 15 is 0 Å². The lowest BCUT2D eigenvalue weighted by Crippen LogP contribution is -2.46.